The molecule has 1 nitrogen and oxygen atoms in total. The zero-order valence-electron chi connectivity index (χ0n) is 8.80. The molecule has 0 unspecified atom stereocenters. The van der Waals surface area contributed by atoms with Gasteiger partial charge in [-0.05, 0) is 40.8 Å². The van der Waals surface area contributed by atoms with E-state index in [-0.39, 0.29) is 0 Å². The molecule has 0 fully saturated rings. The molecule has 0 saturated carbocycles. The van der Waals surface area contributed by atoms with Crippen LogP contribution in [0.2, 0.25) is 5.02 Å². The van der Waals surface area contributed by atoms with E-state index in [0.29, 0.717) is 16.3 Å². The van der Waals surface area contributed by atoms with Crippen LogP contribution in [0, 0.1) is 3.57 Å². The Kier molecular flexibility index (Phi) is 3.82. The van der Waals surface area contributed by atoms with Gasteiger partial charge < -0.3 is 0 Å². The number of alkyl halides is 3. The number of halogens is 5. The summed E-state index contributed by atoms with van der Waals surface area (Å²) in [4.78, 5) is 4.12. The topological polar surface area (TPSA) is 12.9 Å². The van der Waals surface area contributed by atoms with E-state index in [2.05, 4.69) is 27.6 Å². The maximum absolute atomic E-state index is 12.4. The molecule has 0 amide bonds. The molecule has 0 N–H and O–H groups in total. The quantitative estimate of drug-likeness (QED) is 0.630. The van der Waals surface area contributed by atoms with Crippen molar-refractivity contribution >= 4 is 34.2 Å². The Morgan fingerprint density at radius 2 is 1.72 bits per heavy atom. The van der Waals surface area contributed by atoms with Crippen molar-refractivity contribution in [3.05, 3.63) is 50.7 Å². The van der Waals surface area contributed by atoms with E-state index in [4.69, 9.17) is 11.6 Å². The van der Waals surface area contributed by atoms with E-state index >= 15 is 0 Å². The zero-order valence-corrected chi connectivity index (χ0v) is 11.7. The van der Waals surface area contributed by atoms with Crippen LogP contribution >= 0.6 is 34.2 Å². The van der Waals surface area contributed by atoms with Crippen LogP contribution in [-0.4, -0.2) is 4.98 Å². The van der Waals surface area contributed by atoms with Crippen LogP contribution in [0.15, 0.2) is 36.5 Å². The molecule has 0 radical (unpaired) electrons. The van der Waals surface area contributed by atoms with Gasteiger partial charge in [0.2, 0.25) is 0 Å². The van der Waals surface area contributed by atoms with Crippen molar-refractivity contribution < 1.29 is 13.2 Å². The number of nitrogens with zero attached hydrogens (tertiary/aromatic N) is 1. The summed E-state index contributed by atoms with van der Waals surface area (Å²) in [6.45, 7) is 0. The Labute approximate surface area is 120 Å². The number of rotatable bonds is 1. The van der Waals surface area contributed by atoms with Gasteiger partial charge in [0.1, 0.15) is 0 Å². The number of pyridine rings is 1. The van der Waals surface area contributed by atoms with Crippen molar-refractivity contribution in [3.63, 3.8) is 0 Å². The average Bonchev–Trinajstić information content (AvgIpc) is 2.28. The molecule has 1 heterocycles. The van der Waals surface area contributed by atoms with Gasteiger partial charge >= 0.3 is 6.18 Å². The van der Waals surface area contributed by atoms with Crippen LogP contribution in [0.4, 0.5) is 13.2 Å². The minimum Gasteiger partial charge on any atom is -0.254 e. The lowest BCUT2D eigenvalue weighted by Gasteiger charge is -2.08. The SMILES string of the molecule is FC(F)(F)c1ccc(-c2ncc(I)cc2Cl)cc1. The van der Waals surface area contributed by atoms with Gasteiger partial charge in [0.25, 0.3) is 0 Å². The maximum atomic E-state index is 12.4. The Bertz CT molecular complexity index is 567. The van der Waals surface area contributed by atoms with Gasteiger partial charge in [-0.1, -0.05) is 23.7 Å². The normalized spacial score (nSPS) is 11.6. The summed E-state index contributed by atoms with van der Waals surface area (Å²) in [6, 6.07) is 6.48. The van der Waals surface area contributed by atoms with Gasteiger partial charge in [-0.15, -0.1) is 0 Å². The second-order valence-corrected chi connectivity index (χ2v) is 5.21. The number of hydrogen-bond acceptors (Lipinski definition) is 1. The highest BCUT2D eigenvalue weighted by atomic mass is 127. The molecule has 0 atom stereocenters. The Hall–Kier alpha value is -0.820. The summed E-state index contributed by atoms with van der Waals surface area (Å²) >= 11 is 8.07. The summed E-state index contributed by atoms with van der Waals surface area (Å²) < 4.78 is 38.1. The molecule has 1 aromatic carbocycles. The first kappa shape index (κ1) is 13.6. The Balaban J connectivity index is 2.41. The molecule has 18 heavy (non-hydrogen) atoms. The summed E-state index contributed by atoms with van der Waals surface area (Å²) in [5.41, 5.74) is 0.350. The summed E-state index contributed by atoms with van der Waals surface area (Å²) in [5.74, 6) is 0. The first-order valence-electron chi connectivity index (χ1n) is 4.86. The van der Waals surface area contributed by atoms with Gasteiger partial charge in [-0.25, -0.2) is 0 Å². The lowest BCUT2D eigenvalue weighted by molar-refractivity contribution is -0.137. The van der Waals surface area contributed by atoms with Gasteiger partial charge in [0.05, 0.1) is 16.3 Å². The van der Waals surface area contributed by atoms with Crippen LogP contribution in [0.25, 0.3) is 11.3 Å². The van der Waals surface area contributed by atoms with Crippen LogP contribution in [0.5, 0.6) is 0 Å². The summed E-state index contributed by atoms with van der Waals surface area (Å²) in [7, 11) is 0. The van der Waals surface area contributed by atoms with Gasteiger partial charge in [-0.2, -0.15) is 13.2 Å². The van der Waals surface area contributed by atoms with E-state index in [1.165, 1.54) is 12.1 Å². The number of aromatic nitrogens is 1. The fourth-order valence-electron chi connectivity index (χ4n) is 1.44. The Morgan fingerprint density at radius 1 is 1.11 bits per heavy atom. The van der Waals surface area contributed by atoms with Gasteiger partial charge in [-0.3, -0.25) is 4.98 Å². The average molecular weight is 384 g/mol. The maximum Gasteiger partial charge on any atom is 0.416 e. The van der Waals surface area contributed by atoms with Gasteiger partial charge in [0.15, 0.2) is 0 Å². The molecule has 0 bridgehead atoms. The van der Waals surface area contributed by atoms with Crippen LogP contribution in [0.3, 0.4) is 0 Å². The standard InChI is InChI=1S/C12H6ClF3IN/c13-10-5-9(17)6-18-11(10)7-1-3-8(4-2-7)12(14,15)16/h1-6H. The monoisotopic (exact) mass is 383 g/mol. The smallest absolute Gasteiger partial charge is 0.254 e. The van der Waals surface area contributed by atoms with E-state index < -0.39 is 11.7 Å². The van der Waals surface area contributed by atoms with Crippen LogP contribution in [-0.2, 0) is 6.18 Å². The molecule has 1 aromatic heterocycles. The largest absolute Gasteiger partial charge is 0.416 e. The van der Waals surface area contributed by atoms with Crippen molar-refractivity contribution in [2.75, 3.05) is 0 Å². The molecular formula is C12H6ClF3IN. The van der Waals surface area contributed by atoms with E-state index in [0.717, 1.165) is 15.7 Å². The molecule has 0 spiro atoms. The fraction of sp³-hybridized carbons (Fsp3) is 0.0833. The van der Waals surface area contributed by atoms with Crippen LogP contribution in [0.1, 0.15) is 5.56 Å². The second-order valence-electron chi connectivity index (χ2n) is 3.56. The zero-order chi connectivity index (χ0) is 13.3. The van der Waals surface area contributed by atoms with Crippen molar-refractivity contribution in [1.29, 1.82) is 0 Å². The minimum absolute atomic E-state index is 0.418. The Morgan fingerprint density at radius 3 is 2.22 bits per heavy atom. The third-order valence-corrected chi connectivity index (χ3v) is 3.17. The highest BCUT2D eigenvalue weighted by Crippen LogP contribution is 2.32. The molecule has 0 aliphatic carbocycles. The third-order valence-electron chi connectivity index (χ3n) is 2.29. The molecule has 0 saturated heterocycles. The highest BCUT2D eigenvalue weighted by molar-refractivity contribution is 14.1. The van der Waals surface area contributed by atoms with Gasteiger partial charge in [0, 0.05) is 15.3 Å². The molecule has 2 rings (SSSR count). The molecule has 0 aliphatic rings. The molecular weight excluding hydrogens is 377 g/mol. The van der Waals surface area contributed by atoms with E-state index in [1.807, 2.05) is 0 Å². The molecule has 2 aromatic rings. The van der Waals surface area contributed by atoms with E-state index in [1.54, 1.807) is 12.3 Å². The van der Waals surface area contributed by atoms with Crippen molar-refractivity contribution in [2.24, 2.45) is 0 Å². The molecule has 94 valence electrons. The van der Waals surface area contributed by atoms with Crippen molar-refractivity contribution in [2.45, 2.75) is 6.18 Å². The predicted molar refractivity (Wildman–Crippen MR) is 72.4 cm³/mol. The summed E-state index contributed by atoms with van der Waals surface area (Å²) in [6.07, 6.45) is -2.72. The predicted octanol–water partition coefficient (Wildman–Crippen LogP) is 5.03. The van der Waals surface area contributed by atoms with Crippen molar-refractivity contribution in [3.8, 4) is 11.3 Å². The lowest BCUT2D eigenvalue weighted by atomic mass is 10.1. The fourth-order valence-corrected chi connectivity index (χ4v) is 2.35. The number of benzene rings is 1. The molecule has 6 heteroatoms. The highest BCUT2D eigenvalue weighted by Gasteiger charge is 2.30. The van der Waals surface area contributed by atoms with E-state index in [9.17, 15) is 13.2 Å². The minimum atomic E-state index is -4.33. The van der Waals surface area contributed by atoms with Crippen molar-refractivity contribution in [1.82, 2.24) is 4.98 Å². The number of hydrogen-bond donors (Lipinski definition) is 0. The third kappa shape index (κ3) is 2.95. The lowest BCUT2D eigenvalue weighted by Crippen LogP contribution is -2.04. The first-order chi connectivity index (χ1) is 8.38. The summed E-state index contributed by atoms with van der Waals surface area (Å²) in [5, 5.41) is 0.418. The van der Waals surface area contributed by atoms with Crippen LogP contribution < -0.4 is 0 Å². The first-order valence-corrected chi connectivity index (χ1v) is 6.32. The second kappa shape index (κ2) is 5.05. The molecule has 0 aliphatic heterocycles.